The predicted molar refractivity (Wildman–Crippen MR) is 123 cm³/mol. The number of nitrogens with zero attached hydrogens (tertiary/aromatic N) is 3. The van der Waals surface area contributed by atoms with E-state index in [1.807, 2.05) is 42.1 Å². The number of aromatic nitrogens is 3. The van der Waals surface area contributed by atoms with Gasteiger partial charge < -0.3 is 25.3 Å². The number of rotatable bonds is 8. The molecule has 0 saturated carbocycles. The van der Waals surface area contributed by atoms with Crippen LogP contribution < -0.4 is 16.0 Å². The third-order valence-electron chi connectivity index (χ3n) is 4.68. The summed E-state index contributed by atoms with van der Waals surface area (Å²) >= 11 is 0. The molecule has 0 aliphatic heterocycles. The molecule has 32 heavy (non-hydrogen) atoms. The lowest BCUT2D eigenvalue weighted by Crippen LogP contribution is -2.50. The van der Waals surface area contributed by atoms with Gasteiger partial charge in [0.05, 0.1) is 0 Å². The summed E-state index contributed by atoms with van der Waals surface area (Å²) in [6.07, 6.45) is 4.96. The van der Waals surface area contributed by atoms with Crippen LogP contribution in [-0.4, -0.2) is 51.3 Å². The lowest BCUT2D eigenvalue weighted by atomic mass is 10.0. The third-order valence-corrected chi connectivity index (χ3v) is 4.68. The molecule has 1 atom stereocenters. The van der Waals surface area contributed by atoms with Crippen LogP contribution >= 0.6 is 0 Å². The van der Waals surface area contributed by atoms with Crippen molar-refractivity contribution in [1.82, 2.24) is 25.2 Å². The number of hydrogen-bond acceptors (Lipinski definition) is 6. The first kappa shape index (κ1) is 23.1. The number of anilines is 1. The number of amides is 2. The van der Waals surface area contributed by atoms with Gasteiger partial charge in [-0.05, 0) is 38.5 Å². The van der Waals surface area contributed by atoms with Crippen molar-refractivity contribution in [3.8, 4) is 0 Å². The second kappa shape index (κ2) is 10.1. The molecule has 9 nitrogen and oxygen atoms in total. The second-order valence-electron chi connectivity index (χ2n) is 8.48. The highest BCUT2D eigenvalue weighted by molar-refractivity contribution is 5.88. The molecular formula is C23H30N6O3. The molecule has 0 bridgehead atoms. The van der Waals surface area contributed by atoms with Crippen LogP contribution in [0.15, 0.2) is 48.9 Å². The Hall–Kier alpha value is -3.62. The summed E-state index contributed by atoms with van der Waals surface area (Å²) in [5.74, 6) is 0.195. The number of alkyl carbamates (subject to hydrolysis) is 1. The summed E-state index contributed by atoms with van der Waals surface area (Å²) in [4.78, 5) is 33.5. The number of aryl methyl sites for hydroxylation is 1. The van der Waals surface area contributed by atoms with Gasteiger partial charge in [0.15, 0.2) is 0 Å². The van der Waals surface area contributed by atoms with Crippen LogP contribution in [0.1, 0.15) is 26.3 Å². The van der Waals surface area contributed by atoms with Gasteiger partial charge in [0.25, 0.3) is 0 Å². The molecule has 2 heterocycles. The van der Waals surface area contributed by atoms with E-state index in [-0.39, 0.29) is 5.91 Å². The van der Waals surface area contributed by atoms with Crippen molar-refractivity contribution in [2.45, 2.75) is 38.8 Å². The SMILES string of the molecule is Cn1cc(C[C@H](NC(=O)OC(C)(C)C)C(=O)NCCNc2ncccn2)c2ccccc21. The molecular weight excluding hydrogens is 408 g/mol. The molecule has 9 heteroatoms. The smallest absolute Gasteiger partial charge is 0.408 e. The van der Waals surface area contributed by atoms with E-state index in [2.05, 4.69) is 25.9 Å². The Labute approximate surface area is 187 Å². The fourth-order valence-electron chi connectivity index (χ4n) is 3.34. The van der Waals surface area contributed by atoms with Crippen molar-refractivity contribution in [2.75, 3.05) is 18.4 Å². The highest BCUT2D eigenvalue weighted by Crippen LogP contribution is 2.21. The predicted octanol–water partition coefficient (Wildman–Crippen LogP) is 2.63. The number of nitrogens with one attached hydrogen (secondary N) is 3. The lowest BCUT2D eigenvalue weighted by Gasteiger charge is -2.23. The van der Waals surface area contributed by atoms with Gasteiger partial charge in [0, 0.05) is 56.1 Å². The molecule has 1 aromatic carbocycles. The Kier molecular flexibility index (Phi) is 7.29. The van der Waals surface area contributed by atoms with E-state index in [1.54, 1.807) is 39.2 Å². The van der Waals surface area contributed by atoms with E-state index >= 15 is 0 Å². The normalized spacial score (nSPS) is 12.2. The van der Waals surface area contributed by atoms with Crippen molar-refractivity contribution < 1.29 is 14.3 Å². The Morgan fingerprint density at radius 3 is 2.53 bits per heavy atom. The van der Waals surface area contributed by atoms with Crippen LogP contribution in [-0.2, 0) is 23.0 Å². The first-order valence-electron chi connectivity index (χ1n) is 10.5. The summed E-state index contributed by atoms with van der Waals surface area (Å²) in [6, 6.07) is 8.90. The first-order chi connectivity index (χ1) is 15.2. The van der Waals surface area contributed by atoms with Gasteiger partial charge >= 0.3 is 6.09 Å². The Balaban J connectivity index is 1.68. The molecule has 0 aliphatic rings. The molecule has 0 aliphatic carbocycles. The molecule has 2 aromatic heterocycles. The molecule has 3 aromatic rings. The number of ether oxygens (including phenoxy) is 1. The molecule has 0 saturated heterocycles. The van der Waals surface area contributed by atoms with Crippen molar-refractivity contribution >= 4 is 28.9 Å². The minimum Gasteiger partial charge on any atom is -0.444 e. The summed E-state index contributed by atoms with van der Waals surface area (Å²) in [5.41, 5.74) is 1.37. The van der Waals surface area contributed by atoms with Gasteiger partial charge in [-0.15, -0.1) is 0 Å². The van der Waals surface area contributed by atoms with E-state index in [9.17, 15) is 9.59 Å². The van der Waals surface area contributed by atoms with E-state index in [1.165, 1.54) is 0 Å². The van der Waals surface area contributed by atoms with Gasteiger partial charge in [-0.25, -0.2) is 14.8 Å². The van der Waals surface area contributed by atoms with Crippen molar-refractivity contribution in [3.05, 3.63) is 54.5 Å². The molecule has 3 N–H and O–H groups in total. The van der Waals surface area contributed by atoms with Crippen LogP contribution in [0.25, 0.3) is 10.9 Å². The molecule has 2 amide bonds. The summed E-state index contributed by atoms with van der Waals surface area (Å²) < 4.78 is 7.38. The van der Waals surface area contributed by atoms with Gasteiger partial charge in [0.2, 0.25) is 11.9 Å². The Morgan fingerprint density at radius 2 is 1.81 bits per heavy atom. The Morgan fingerprint density at radius 1 is 1.09 bits per heavy atom. The number of fused-ring (bicyclic) bond motifs is 1. The molecule has 170 valence electrons. The summed E-state index contributed by atoms with van der Waals surface area (Å²) in [5, 5.41) is 9.67. The number of para-hydroxylation sites is 1. The number of hydrogen-bond donors (Lipinski definition) is 3. The molecule has 0 radical (unpaired) electrons. The Bertz CT molecular complexity index is 1060. The maximum absolute atomic E-state index is 13.0. The fourth-order valence-corrected chi connectivity index (χ4v) is 3.34. The topological polar surface area (TPSA) is 110 Å². The van der Waals surface area contributed by atoms with Crippen LogP contribution in [0.2, 0.25) is 0 Å². The monoisotopic (exact) mass is 438 g/mol. The number of benzene rings is 1. The van der Waals surface area contributed by atoms with Crippen molar-refractivity contribution in [2.24, 2.45) is 7.05 Å². The van der Waals surface area contributed by atoms with Gasteiger partial charge in [-0.3, -0.25) is 4.79 Å². The first-order valence-corrected chi connectivity index (χ1v) is 10.5. The zero-order valence-electron chi connectivity index (χ0n) is 18.9. The van der Waals surface area contributed by atoms with Crippen LogP contribution in [0.5, 0.6) is 0 Å². The largest absolute Gasteiger partial charge is 0.444 e. The van der Waals surface area contributed by atoms with E-state index in [0.717, 1.165) is 16.5 Å². The maximum atomic E-state index is 13.0. The lowest BCUT2D eigenvalue weighted by molar-refractivity contribution is -0.123. The molecule has 0 spiro atoms. The van der Waals surface area contributed by atoms with E-state index < -0.39 is 17.7 Å². The quantitative estimate of drug-likeness (QED) is 0.467. The standard InChI is InChI=1S/C23H30N6O3/c1-23(2,3)32-22(31)28-18(14-16-15-29(4)19-9-6-5-8-17(16)19)20(30)24-12-13-27-21-25-10-7-11-26-21/h5-11,15,18H,12-14H2,1-4H3,(H,24,30)(H,28,31)(H,25,26,27)/t18-/m0/s1. The number of carbonyl (C=O) groups excluding carboxylic acids is 2. The fraction of sp³-hybridized carbons (Fsp3) is 0.391. The van der Waals surface area contributed by atoms with Crippen LogP contribution in [0.3, 0.4) is 0 Å². The van der Waals surface area contributed by atoms with Crippen LogP contribution in [0, 0.1) is 0 Å². The van der Waals surface area contributed by atoms with Gasteiger partial charge in [0.1, 0.15) is 11.6 Å². The molecule has 0 unspecified atom stereocenters. The van der Waals surface area contributed by atoms with E-state index in [4.69, 9.17) is 4.74 Å². The van der Waals surface area contributed by atoms with Crippen molar-refractivity contribution in [1.29, 1.82) is 0 Å². The third kappa shape index (κ3) is 6.44. The minimum atomic E-state index is -0.788. The van der Waals surface area contributed by atoms with Crippen molar-refractivity contribution in [3.63, 3.8) is 0 Å². The zero-order chi connectivity index (χ0) is 23.1. The van der Waals surface area contributed by atoms with Gasteiger partial charge in [-0.2, -0.15) is 0 Å². The molecule has 3 rings (SSSR count). The highest BCUT2D eigenvalue weighted by Gasteiger charge is 2.25. The average molecular weight is 439 g/mol. The average Bonchev–Trinajstić information content (AvgIpc) is 3.06. The highest BCUT2D eigenvalue weighted by atomic mass is 16.6. The zero-order valence-corrected chi connectivity index (χ0v) is 18.9. The van der Waals surface area contributed by atoms with Crippen LogP contribution in [0.4, 0.5) is 10.7 Å². The molecule has 0 fully saturated rings. The van der Waals surface area contributed by atoms with Gasteiger partial charge in [-0.1, -0.05) is 18.2 Å². The number of carbonyl (C=O) groups is 2. The maximum Gasteiger partial charge on any atom is 0.408 e. The minimum absolute atomic E-state index is 0.292. The summed E-state index contributed by atoms with van der Waals surface area (Å²) in [6.45, 7) is 6.14. The summed E-state index contributed by atoms with van der Waals surface area (Å²) in [7, 11) is 1.96. The second-order valence-corrected chi connectivity index (χ2v) is 8.48. The van der Waals surface area contributed by atoms with E-state index in [0.29, 0.717) is 25.5 Å².